The molecule has 1 aliphatic rings. The van der Waals surface area contributed by atoms with Gasteiger partial charge in [-0.05, 0) is 126 Å². The van der Waals surface area contributed by atoms with Gasteiger partial charge in [0.1, 0.15) is 37.9 Å². The maximum absolute atomic E-state index is 12.4. The average molecular weight is 841 g/mol. The van der Waals surface area contributed by atoms with Gasteiger partial charge < -0.3 is 33.3 Å². The second-order valence-corrected chi connectivity index (χ2v) is 18.3. The van der Waals surface area contributed by atoms with Crippen LogP contribution in [-0.2, 0) is 47.9 Å². The Kier molecular flexibility index (Phi) is 16.0. The molecule has 12 nitrogen and oxygen atoms in total. The van der Waals surface area contributed by atoms with Gasteiger partial charge in [0.15, 0.2) is 33.5 Å². The van der Waals surface area contributed by atoms with Crippen LogP contribution >= 0.6 is 8.38 Å². The number of nitrogens with zero attached hydrogens (tertiary/aromatic N) is 2. The third-order valence-corrected chi connectivity index (χ3v) is 10.9. The molecule has 0 saturated heterocycles. The fraction of sp³-hybridized carbons (Fsp3) is 0.426. The molecule has 0 bridgehead atoms. The molecule has 60 heavy (non-hydrogen) atoms. The van der Waals surface area contributed by atoms with Crippen molar-refractivity contribution in [2.45, 2.75) is 75.1 Å². The van der Waals surface area contributed by atoms with Crippen LogP contribution in [-0.4, -0.2) is 63.4 Å². The second-order valence-electron chi connectivity index (χ2n) is 16.7. The van der Waals surface area contributed by atoms with Crippen molar-refractivity contribution in [1.29, 1.82) is 5.26 Å². The number of carbonyl (C=O) groups is 2. The number of esters is 2. The lowest BCUT2D eigenvalue weighted by Crippen LogP contribution is -2.25. The zero-order valence-electron chi connectivity index (χ0n) is 36.2. The molecule has 0 saturated carbocycles. The van der Waals surface area contributed by atoms with Gasteiger partial charge >= 0.3 is 11.9 Å². The minimum atomic E-state index is -1.60. The second kappa shape index (κ2) is 20.9. The van der Waals surface area contributed by atoms with Crippen molar-refractivity contribution in [3.05, 3.63) is 106 Å². The summed E-state index contributed by atoms with van der Waals surface area (Å²) in [6.07, 6.45) is 0.438. The lowest BCUT2D eigenvalue weighted by Gasteiger charge is -2.24. The summed E-state index contributed by atoms with van der Waals surface area (Å²) in [5.74, 6) is 2.03. The highest BCUT2D eigenvalue weighted by atomic mass is 31.2. The summed E-state index contributed by atoms with van der Waals surface area (Å²) in [5.41, 5.74) is 6.18. The molecule has 0 aromatic heterocycles. The van der Waals surface area contributed by atoms with Crippen molar-refractivity contribution < 1.29 is 47.1 Å². The summed E-state index contributed by atoms with van der Waals surface area (Å²) < 4.78 is 47.0. The Morgan fingerprint density at radius 3 is 2.08 bits per heavy atom. The van der Waals surface area contributed by atoms with Gasteiger partial charge in [0.2, 0.25) is 0 Å². The van der Waals surface area contributed by atoms with Crippen molar-refractivity contribution in [3.8, 4) is 40.2 Å². The Labute approximate surface area is 355 Å². The van der Waals surface area contributed by atoms with E-state index in [4.69, 9.17) is 37.5 Å². The lowest BCUT2D eigenvalue weighted by molar-refractivity contribution is -0.161. The fourth-order valence-electron chi connectivity index (χ4n) is 6.05. The first kappa shape index (κ1) is 45.9. The number of rotatable bonds is 18. The Morgan fingerprint density at radius 2 is 1.42 bits per heavy atom. The summed E-state index contributed by atoms with van der Waals surface area (Å²) in [6.45, 7) is 16.8. The van der Waals surface area contributed by atoms with E-state index in [2.05, 4.69) is 36.1 Å². The largest absolute Gasteiger partial charge is 0.488 e. The number of fused-ring (bicyclic) bond motifs is 1. The molecule has 320 valence electrons. The van der Waals surface area contributed by atoms with Crippen LogP contribution in [0, 0.1) is 36.0 Å². The van der Waals surface area contributed by atoms with Gasteiger partial charge in [0.05, 0.1) is 22.5 Å². The van der Waals surface area contributed by atoms with E-state index in [1.807, 2.05) is 62.5 Å². The van der Waals surface area contributed by atoms with E-state index < -0.39 is 31.1 Å². The van der Waals surface area contributed by atoms with Gasteiger partial charge in [-0.2, -0.15) is 5.26 Å². The molecule has 0 fully saturated rings. The third kappa shape index (κ3) is 13.2. The highest BCUT2D eigenvalue weighted by Crippen LogP contribution is 2.40. The van der Waals surface area contributed by atoms with Gasteiger partial charge in [0, 0.05) is 30.9 Å². The molecule has 0 radical (unpaired) electrons. The molecular formula is C47H57N2O10P. The van der Waals surface area contributed by atoms with Crippen molar-refractivity contribution in [1.82, 2.24) is 4.90 Å². The zero-order valence-corrected chi connectivity index (χ0v) is 37.1. The molecule has 0 aliphatic carbocycles. The summed E-state index contributed by atoms with van der Waals surface area (Å²) in [6, 6.07) is 25.8. The maximum Gasteiger partial charge on any atom is 0.313 e. The standard InChI is InChI=1S/C47H57N2O10P/c1-32-22-38(27-49(9)18-21-60(58-30-56-44(50)46(3,4)5)59-31-57-45(51)47(6,7)8)42(54-28-35-13-10-12-34(23-35)26-48)25-41(32)55-29-37-14-11-15-39(33(37)2)36-16-17-40-43(24-36)53-20-19-52-40/h10-17,22-25H,18-21,27-31H2,1-9H3. The molecular weight excluding hydrogens is 783 g/mol. The van der Waals surface area contributed by atoms with Crippen molar-refractivity contribution in [3.63, 3.8) is 0 Å². The summed E-state index contributed by atoms with van der Waals surface area (Å²) >= 11 is 0. The van der Waals surface area contributed by atoms with Crippen molar-refractivity contribution in [2.75, 3.05) is 46.6 Å². The fourth-order valence-corrected chi connectivity index (χ4v) is 7.23. The van der Waals surface area contributed by atoms with Crippen LogP contribution in [0.2, 0.25) is 0 Å². The molecule has 4 aromatic carbocycles. The summed E-state index contributed by atoms with van der Waals surface area (Å²) in [4.78, 5) is 26.8. The number of carbonyl (C=O) groups excluding carboxylic acids is 2. The van der Waals surface area contributed by atoms with Gasteiger partial charge in [-0.1, -0.05) is 36.4 Å². The number of benzene rings is 4. The molecule has 0 N–H and O–H groups in total. The number of ether oxygens (including phenoxy) is 6. The van der Waals surface area contributed by atoms with Gasteiger partial charge in [0.25, 0.3) is 0 Å². The summed E-state index contributed by atoms with van der Waals surface area (Å²) in [7, 11) is 0.379. The molecule has 5 rings (SSSR count). The Bertz CT molecular complexity index is 2120. The first-order chi connectivity index (χ1) is 28.5. The maximum atomic E-state index is 12.4. The minimum absolute atomic E-state index is 0.249. The lowest BCUT2D eigenvalue weighted by atomic mass is 9.96. The predicted octanol–water partition coefficient (Wildman–Crippen LogP) is 9.64. The molecule has 1 heterocycles. The first-order valence-electron chi connectivity index (χ1n) is 19.9. The number of hydrogen-bond donors (Lipinski definition) is 0. The highest BCUT2D eigenvalue weighted by molar-refractivity contribution is 7.47. The number of hydrogen-bond acceptors (Lipinski definition) is 12. The zero-order chi connectivity index (χ0) is 43.5. The van der Waals surface area contributed by atoms with Gasteiger partial charge in [-0.3, -0.25) is 18.6 Å². The van der Waals surface area contributed by atoms with E-state index in [0.717, 1.165) is 50.4 Å². The van der Waals surface area contributed by atoms with Crippen molar-refractivity contribution >= 4 is 20.3 Å². The van der Waals surface area contributed by atoms with Crippen LogP contribution in [0.4, 0.5) is 0 Å². The monoisotopic (exact) mass is 840 g/mol. The van der Waals surface area contributed by atoms with Crippen LogP contribution in [0.15, 0.2) is 72.8 Å². The van der Waals surface area contributed by atoms with Crippen LogP contribution in [0.1, 0.15) is 74.9 Å². The SMILES string of the molecule is Cc1cc(CN(C)CCP(OCOC(=O)C(C)(C)C)OCOC(=O)C(C)(C)C)c(OCc2cccc(C#N)c2)cc1OCc1cccc(-c2ccc3c(c2)OCCO3)c1C. The van der Waals surface area contributed by atoms with Crippen LogP contribution < -0.4 is 18.9 Å². The average Bonchev–Trinajstić information content (AvgIpc) is 3.21. The Hall–Kier alpha value is -5.18. The molecule has 0 spiro atoms. The van der Waals surface area contributed by atoms with E-state index in [-0.39, 0.29) is 20.2 Å². The Morgan fingerprint density at radius 1 is 0.767 bits per heavy atom. The third-order valence-electron chi connectivity index (χ3n) is 9.59. The predicted molar refractivity (Wildman–Crippen MR) is 230 cm³/mol. The van der Waals surface area contributed by atoms with E-state index >= 15 is 0 Å². The van der Waals surface area contributed by atoms with Gasteiger partial charge in [-0.15, -0.1) is 0 Å². The quantitative estimate of drug-likeness (QED) is 0.0536. The summed E-state index contributed by atoms with van der Waals surface area (Å²) in [5, 5.41) is 9.47. The van der Waals surface area contributed by atoms with Crippen LogP contribution in [0.3, 0.4) is 0 Å². The topological polar surface area (TPSA) is 135 Å². The van der Waals surface area contributed by atoms with E-state index in [1.54, 1.807) is 47.6 Å². The number of aryl methyl sites for hydroxylation is 1. The molecule has 0 atom stereocenters. The highest BCUT2D eigenvalue weighted by Gasteiger charge is 2.26. The molecule has 13 heteroatoms. The number of nitriles is 1. The van der Waals surface area contributed by atoms with Crippen molar-refractivity contribution in [2.24, 2.45) is 10.8 Å². The first-order valence-corrected chi connectivity index (χ1v) is 21.3. The van der Waals surface area contributed by atoms with Crippen LogP contribution in [0.25, 0.3) is 11.1 Å². The minimum Gasteiger partial charge on any atom is -0.488 e. The molecule has 0 amide bonds. The normalized spacial score (nSPS) is 12.6. The van der Waals surface area contributed by atoms with E-state index in [1.165, 1.54) is 0 Å². The van der Waals surface area contributed by atoms with Crippen LogP contribution in [0.5, 0.6) is 23.0 Å². The molecule has 4 aromatic rings. The van der Waals surface area contributed by atoms with E-state index in [9.17, 15) is 14.9 Å². The van der Waals surface area contributed by atoms with E-state index in [0.29, 0.717) is 56.1 Å². The molecule has 0 unspecified atom stereocenters. The molecule has 1 aliphatic heterocycles. The van der Waals surface area contributed by atoms with Gasteiger partial charge in [-0.25, -0.2) is 0 Å². The smallest absolute Gasteiger partial charge is 0.313 e. The Balaban J connectivity index is 1.31.